The number of nitrogens with one attached hydrogen (secondary N) is 1. The number of ether oxygens (including phenoxy) is 2. The van der Waals surface area contributed by atoms with Crippen molar-refractivity contribution in [2.45, 2.75) is 71.9 Å². The quantitative estimate of drug-likeness (QED) is 0.734. The predicted molar refractivity (Wildman–Crippen MR) is 85.3 cm³/mol. The largest absolute Gasteiger partial charge is 0.465 e. The van der Waals surface area contributed by atoms with Crippen LogP contribution in [0.3, 0.4) is 0 Å². The number of hydrogen-bond acceptors (Lipinski definition) is 4. The molecule has 0 aromatic rings. The number of carbonyl (C=O) groups is 1. The summed E-state index contributed by atoms with van der Waals surface area (Å²) in [6, 6.07) is 0. The van der Waals surface area contributed by atoms with Crippen LogP contribution in [0, 0.1) is 11.3 Å². The average Bonchev–Trinajstić information content (AvgIpc) is 2.36. The van der Waals surface area contributed by atoms with Crippen molar-refractivity contribution < 1.29 is 14.3 Å². The number of hydrogen-bond donors (Lipinski definition) is 1. The summed E-state index contributed by atoms with van der Waals surface area (Å²) in [7, 11) is 1.79. The summed E-state index contributed by atoms with van der Waals surface area (Å²) in [6.07, 6.45) is 4.44. The zero-order valence-electron chi connectivity index (χ0n) is 14.6. The molecule has 1 N–H and O–H groups in total. The van der Waals surface area contributed by atoms with Crippen molar-refractivity contribution >= 4 is 5.97 Å². The fourth-order valence-electron chi connectivity index (χ4n) is 3.43. The SMILES string of the molecule is CCOC(=O)C(C)(CCOC1CC(C)CC(C)(C)C1)NC. The first-order valence-electron chi connectivity index (χ1n) is 8.20. The number of rotatable bonds is 7. The van der Waals surface area contributed by atoms with E-state index in [4.69, 9.17) is 9.47 Å². The van der Waals surface area contributed by atoms with E-state index in [2.05, 4.69) is 26.1 Å². The Morgan fingerprint density at radius 3 is 2.57 bits per heavy atom. The van der Waals surface area contributed by atoms with Gasteiger partial charge in [-0.15, -0.1) is 0 Å². The fraction of sp³-hybridized carbons (Fsp3) is 0.941. The normalized spacial score (nSPS) is 27.9. The topological polar surface area (TPSA) is 47.6 Å². The van der Waals surface area contributed by atoms with Gasteiger partial charge in [-0.1, -0.05) is 20.8 Å². The molecule has 21 heavy (non-hydrogen) atoms. The third-order valence-electron chi connectivity index (χ3n) is 4.58. The van der Waals surface area contributed by atoms with Gasteiger partial charge < -0.3 is 14.8 Å². The lowest BCUT2D eigenvalue weighted by Gasteiger charge is -2.39. The Hall–Kier alpha value is -0.610. The Morgan fingerprint density at radius 1 is 1.38 bits per heavy atom. The summed E-state index contributed by atoms with van der Waals surface area (Å²) in [5.74, 6) is 0.507. The molecule has 4 heteroatoms. The molecule has 1 saturated carbocycles. The Kier molecular flexibility index (Phi) is 6.67. The van der Waals surface area contributed by atoms with Gasteiger partial charge in [0.15, 0.2) is 0 Å². The second-order valence-corrected chi connectivity index (χ2v) is 7.46. The Balaban J connectivity index is 2.46. The summed E-state index contributed by atoms with van der Waals surface area (Å²) in [6.45, 7) is 11.6. The molecule has 1 fully saturated rings. The first-order chi connectivity index (χ1) is 9.72. The lowest BCUT2D eigenvalue weighted by Crippen LogP contribution is -2.49. The van der Waals surface area contributed by atoms with E-state index < -0.39 is 5.54 Å². The average molecular weight is 299 g/mol. The molecule has 0 amide bonds. The van der Waals surface area contributed by atoms with Crippen LogP contribution in [-0.4, -0.2) is 37.9 Å². The second kappa shape index (κ2) is 7.59. The smallest absolute Gasteiger partial charge is 0.326 e. The first-order valence-corrected chi connectivity index (χ1v) is 8.20. The van der Waals surface area contributed by atoms with Crippen LogP contribution < -0.4 is 5.32 Å². The Bertz CT molecular complexity index is 343. The molecule has 3 unspecified atom stereocenters. The van der Waals surface area contributed by atoms with E-state index in [1.54, 1.807) is 7.05 Å². The molecule has 0 aromatic carbocycles. The summed E-state index contributed by atoms with van der Waals surface area (Å²) in [5, 5.41) is 3.07. The van der Waals surface area contributed by atoms with Gasteiger partial charge in [-0.05, 0) is 57.9 Å². The van der Waals surface area contributed by atoms with Gasteiger partial charge in [0.25, 0.3) is 0 Å². The minimum absolute atomic E-state index is 0.201. The van der Waals surface area contributed by atoms with Gasteiger partial charge in [-0.3, -0.25) is 4.79 Å². The van der Waals surface area contributed by atoms with Crippen LogP contribution >= 0.6 is 0 Å². The molecule has 0 bridgehead atoms. The zero-order chi connectivity index (χ0) is 16.1. The van der Waals surface area contributed by atoms with Gasteiger partial charge >= 0.3 is 5.97 Å². The van der Waals surface area contributed by atoms with Crippen LogP contribution in [0.25, 0.3) is 0 Å². The third kappa shape index (κ3) is 5.59. The zero-order valence-corrected chi connectivity index (χ0v) is 14.6. The van der Waals surface area contributed by atoms with E-state index in [1.807, 2.05) is 13.8 Å². The van der Waals surface area contributed by atoms with E-state index in [9.17, 15) is 4.79 Å². The standard InChI is InChI=1S/C17H33NO3/c1-7-20-15(19)17(5,18-6)8-9-21-14-10-13(2)11-16(3,4)12-14/h13-14,18H,7-12H2,1-6H3. The molecule has 0 radical (unpaired) electrons. The lowest BCUT2D eigenvalue weighted by molar-refractivity contribution is -0.151. The minimum Gasteiger partial charge on any atom is -0.465 e. The van der Waals surface area contributed by atoms with Gasteiger partial charge in [-0.2, -0.15) is 0 Å². The maximum atomic E-state index is 12.0. The summed E-state index contributed by atoms with van der Waals surface area (Å²) in [5.41, 5.74) is -0.304. The Labute approximate surface area is 130 Å². The third-order valence-corrected chi connectivity index (χ3v) is 4.58. The van der Waals surface area contributed by atoms with Crippen molar-refractivity contribution in [2.24, 2.45) is 11.3 Å². The van der Waals surface area contributed by atoms with Gasteiger partial charge in [0, 0.05) is 6.61 Å². The van der Waals surface area contributed by atoms with E-state index in [0.29, 0.717) is 37.1 Å². The summed E-state index contributed by atoms with van der Waals surface area (Å²) < 4.78 is 11.2. The number of esters is 1. The van der Waals surface area contributed by atoms with Crippen molar-refractivity contribution in [1.82, 2.24) is 5.32 Å². The second-order valence-electron chi connectivity index (χ2n) is 7.46. The summed E-state index contributed by atoms with van der Waals surface area (Å²) in [4.78, 5) is 12.0. The molecule has 0 saturated heterocycles. The van der Waals surface area contributed by atoms with Crippen molar-refractivity contribution in [3.05, 3.63) is 0 Å². The highest BCUT2D eigenvalue weighted by Gasteiger charge is 2.35. The van der Waals surface area contributed by atoms with E-state index >= 15 is 0 Å². The van der Waals surface area contributed by atoms with Crippen LogP contribution in [0.4, 0.5) is 0 Å². The maximum absolute atomic E-state index is 12.0. The van der Waals surface area contributed by atoms with Crippen molar-refractivity contribution in [2.75, 3.05) is 20.3 Å². The monoisotopic (exact) mass is 299 g/mol. The van der Waals surface area contributed by atoms with Crippen molar-refractivity contribution in [3.63, 3.8) is 0 Å². The molecule has 0 heterocycles. The molecule has 0 spiro atoms. The van der Waals surface area contributed by atoms with Crippen LogP contribution in [0.1, 0.15) is 60.3 Å². The minimum atomic E-state index is -0.661. The molecular formula is C17H33NO3. The van der Waals surface area contributed by atoms with Gasteiger partial charge in [0.1, 0.15) is 5.54 Å². The molecule has 0 aromatic heterocycles. The van der Waals surface area contributed by atoms with Crippen LogP contribution in [0.15, 0.2) is 0 Å². The fourth-order valence-corrected chi connectivity index (χ4v) is 3.43. The van der Waals surface area contributed by atoms with E-state index in [-0.39, 0.29) is 5.97 Å². The van der Waals surface area contributed by atoms with Crippen LogP contribution in [-0.2, 0) is 14.3 Å². The van der Waals surface area contributed by atoms with Crippen molar-refractivity contribution in [3.8, 4) is 0 Å². The predicted octanol–water partition coefficient (Wildman–Crippen LogP) is 3.15. The molecule has 124 valence electrons. The number of carbonyl (C=O) groups excluding carboxylic acids is 1. The highest BCUT2D eigenvalue weighted by atomic mass is 16.5. The molecule has 1 aliphatic rings. The summed E-state index contributed by atoms with van der Waals surface area (Å²) >= 11 is 0. The maximum Gasteiger partial charge on any atom is 0.326 e. The van der Waals surface area contributed by atoms with Gasteiger partial charge in [-0.25, -0.2) is 0 Å². The van der Waals surface area contributed by atoms with Gasteiger partial charge in [0.2, 0.25) is 0 Å². The molecule has 3 atom stereocenters. The molecule has 4 nitrogen and oxygen atoms in total. The number of likely N-dealkylation sites (N-methyl/N-ethyl adjacent to an activating group) is 1. The highest BCUT2D eigenvalue weighted by molar-refractivity contribution is 5.80. The molecule has 1 rings (SSSR count). The van der Waals surface area contributed by atoms with Crippen molar-refractivity contribution in [1.29, 1.82) is 0 Å². The molecule has 0 aliphatic heterocycles. The van der Waals surface area contributed by atoms with E-state index in [0.717, 1.165) is 12.8 Å². The first kappa shape index (κ1) is 18.4. The van der Waals surface area contributed by atoms with Crippen LogP contribution in [0.2, 0.25) is 0 Å². The van der Waals surface area contributed by atoms with Gasteiger partial charge in [0.05, 0.1) is 12.7 Å². The highest BCUT2D eigenvalue weighted by Crippen LogP contribution is 2.39. The van der Waals surface area contributed by atoms with Crippen LogP contribution in [0.5, 0.6) is 0 Å². The lowest BCUT2D eigenvalue weighted by atomic mass is 9.71. The Morgan fingerprint density at radius 2 is 2.05 bits per heavy atom. The van der Waals surface area contributed by atoms with E-state index in [1.165, 1.54) is 6.42 Å². The molecule has 1 aliphatic carbocycles. The molecular weight excluding hydrogens is 266 g/mol.